The molecule has 0 unspecified atom stereocenters. The van der Waals surface area contributed by atoms with Crippen molar-refractivity contribution in [1.82, 2.24) is 0 Å². The van der Waals surface area contributed by atoms with Crippen molar-refractivity contribution >= 4 is 35.0 Å². The van der Waals surface area contributed by atoms with Crippen LogP contribution in [0.3, 0.4) is 0 Å². The molecule has 0 fully saturated rings. The third-order valence-corrected chi connectivity index (χ3v) is 4.38. The van der Waals surface area contributed by atoms with Gasteiger partial charge in [-0.1, -0.05) is 24.3 Å². The van der Waals surface area contributed by atoms with Gasteiger partial charge in [-0.15, -0.1) is 0 Å². The number of anilines is 2. The molecule has 1 aliphatic heterocycles. The summed E-state index contributed by atoms with van der Waals surface area (Å²) in [5.74, 6) is -1.25. The standard InChI is InChI=1S/C22H21N3O3/c1-15-20(6-4-5-16-7-11-18(12-8-16)24(2)3)21(26)25(23-15)19-13-9-17(10-14-19)22(27)28/h4-14H,1-3H3,(H,27,28). The van der Waals surface area contributed by atoms with Crippen LogP contribution in [0.2, 0.25) is 0 Å². The molecular formula is C22H21N3O3. The lowest BCUT2D eigenvalue weighted by molar-refractivity contribution is -0.114. The van der Waals surface area contributed by atoms with Crippen LogP contribution in [0.4, 0.5) is 11.4 Å². The Kier molecular flexibility index (Phi) is 5.40. The van der Waals surface area contributed by atoms with Crippen LogP contribution in [0.1, 0.15) is 22.8 Å². The van der Waals surface area contributed by atoms with Crippen molar-refractivity contribution in [1.29, 1.82) is 0 Å². The van der Waals surface area contributed by atoms with Crippen molar-refractivity contribution < 1.29 is 14.7 Å². The van der Waals surface area contributed by atoms with Gasteiger partial charge in [0.2, 0.25) is 0 Å². The molecule has 0 radical (unpaired) electrons. The molecule has 0 saturated heterocycles. The third-order valence-electron chi connectivity index (χ3n) is 4.38. The fourth-order valence-electron chi connectivity index (χ4n) is 2.77. The quantitative estimate of drug-likeness (QED) is 0.807. The van der Waals surface area contributed by atoms with Gasteiger partial charge in [0, 0.05) is 19.8 Å². The highest BCUT2D eigenvalue weighted by Crippen LogP contribution is 2.24. The van der Waals surface area contributed by atoms with Crippen molar-refractivity contribution in [3.63, 3.8) is 0 Å². The predicted octanol–water partition coefficient (Wildman–Crippen LogP) is 3.81. The van der Waals surface area contributed by atoms with Crippen molar-refractivity contribution in [3.8, 4) is 0 Å². The molecule has 2 aromatic carbocycles. The largest absolute Gasteiger partial charge is 0.478 e. The van der Waals surface area contributed by atoms with Gasteiger partial charge in [0.1, 0.15) is 0 Å². The molecule has 0 aromatic heterocycles. The first-order valence-corrected chi connectivity index (χ1v) is 8.76. The molecule has 0 atom stereocenters. The Balaban J connectivity index is 1.75. The maximum Gasteiger partial charge on any atom is 0.335 e. The van der Waals surface area contributed by atoms with Crippen LogP contribution in [0.5, 0.6) is 0 Å². The molecule has 1 amide bonds. The van der Waals surface area contributed by atoms with Gasteiger partial charge in [0.25, 0.3) is 5.91 Å². The van der Waals surface area contributed by atoms with Crippen LogP contribution < -0.4 is 9.91 Å². The topological polar surface area (TPSA) is 73.2 Å². The molecule has 1 N–H and O–H groups in total. The fraction of sp³-hybridized carbons (Fsp3) is 0.136. The lowest BCUT2D eigenvalue weighted by Crippen LogP contribution is -2.21. The van der Waals surface area contributed by atoms with Crippen molar-refractivity contribution in [2.75, 3.05) is 24.0 Å². The van der Waals surface area contributed by atoms with Gasteiger partial charge < -0.3 is 10.0 Å². The molecule has 2 aromatic rings. The number of hydrazone groups is 1. The SMILES string of the molecule is CC1=NN(c2ccc(C(=O)O)cc2)C(=O)C1=CC=Cc1ccc(N(C)C)cc1. The normalized spacial score (nSPS) is 15.4. The maximum atomic E-state index is 12.7. The van der Waals surface area contributed by atoms with Gasteiger partial charge in [-0.05, 0) is 55.0 Å². The zero-order valence-electron chi connectivity index (χ0n) is 16.0. The van der Waals surface area contributed by atoms with Crippen LogP contribution in [0, 0.1) is 0 Å². The van der Waals surface area contributed by atoms with Gasteiger partial charge in [-0.25, -0.2) is 4.79 Å². The Morgan fingerprint density at radius 3 is 2.29 bits per heavy atom. The second-order valence-electron chi connectivity index (χ2n) is 6.58. The second kappa shape index (κ2) is 7.92. The van der Waals surface area contributed by atoms with Crippen LogP contribution in [0.25, 0.3) is 6.08 Å². The number of carboxylic acid groups (broad SMARTS) is 1. The van der Waals surface area contributed by atoms with E-state index in [0.717, 1.165) is 11.3 Å². The van der Waals surface area contributed by atoms with Crippen molar-refractivity contribution in [2.45, 2.75) is 6.92 Å². The Bertz CT molecular complexity index is 985. The molecule has 0 aliphatic carbocycles. The Morgan fingerprint density at radius 1 is 1.07 bits per heavy atom. The number of hydrogen-bond acceptors (Lipinski definition) is 4. The monoisotopic (exact) mass is 375 g/mol. The van der Waals surface area contributed by atoms with E-state index < -0.39 is 5.97 Å². The van der Waals surface area contributed by atoms with E-state index in [4.69, 9.17) is 5.11 Å². The van der Waals surface area contributed by atoms with E-state index in [9.17, 15) is 9.59 Å². The minimum absolute atomic E-state index is 0.162. The van der Waals surface area contributed by atoms with E-state index in [0.29, 0.717) is 17.0 Å². The van der Waals surface area contributed by atoms with Crippen molar-refractivity contribution in [2.24, 2.45) is 5.10 Å². The summed E-state index contributed by atoms with van der Waals surface area (Å²) < 4.78 is 0. The summed E-state index contributed by atoms with van der Waals surface area (Å²) >= 11 is 0. The summed E-state index contributed by atoms with van der Waals surface area (Å²) in [6, 6.07) is 14.1. The number of amides is 1. The fourth-order valence-corrected chi connectivity index (χ4v) is 2.77. The van der Waals surface area contributed by atoms with Crippen LogP contribution in [0.15, 0.2) is 71.4 Å². The lowest BCUT2D eigenvalue weighted by atomic mass is 10.1. The summed E-state index contributed by atoms with van der Waals surface area (Å²) in [6.45, 7) is 1.77. The van der Waals surface area contributed by atoms with E-state index in [1.807, 2.05) is 55.4 Å². The smallest absolute Gasteiger partial charge is 0.335 e. The lowest BCUT2D eigenvalue weighted by Gasteiger charge is -2.11. The minimum Gasteiger partial charge on any atom is -0.478 e. The molecule has 6 heteroatoms. The van der Waals surface area contributed by atoms with E-state index >= 15 is 0 Å². The highest BCUT2D eigenvalue weighted by Gasteiger charge is 2.28. The van der Waals surface area contributed by atoms with E-state index in [2.05, 4.69) is 5.10 Å². The summed E-state index contributed by atoms with van der Waals surface area (Å²) in [4.78, 5) is 25.7. The van der Waals surface area contributed by atoms with Crippen LogP contribution >= 0.6 is 0 Å². The Hall–Kier alpha value is -3.67. The number of rotatable bonds is 5. The molecule has 0 spiro atoms. The molecular weight excluding hydrogens is 354 g/mol. The Morgan fingerprint density at radius 2 is 1.71 bits per heavy atom. The molecule has 28 heavy (non-hydrogen) atoms. The zero-order valence-corrected chi connectivity index (χ0v) is 16.0. The average Bonchev–Trinajstić information content (AvgIpc) is 2.96. The molecule has 3 rings (SSSR count). The Labute approximate surface area is 163 Å². The maximum absolute atomic E-state index is 12.7. The summed E-state index contributed by atoms with van der Waals surface area (Å²) in [5, 5.41) is 14.6. The molecule has 0 saturated carbocycles. The zero-order chi connectivity index (χ0) is 20.3. The second-order valence-corrected chi connectivity index (χ2v) is 6.58. The number of allylic oxidation sites excluding steroid dienone is 2. The highest BCUT2D eigenvalue weighted by molar-refractivity contribution is 6.29. The number of hydrogen-bond donors (Lipinski definition) is 1. The summed E-state index contributed by atoms with van der Waals surface area (Å²) in [7, 11) is 3.98. The van der Waals surface area contributed by atoms with Gasteiger partial charge in [-0.3, -0.25) is 4.79 Å². The van der Waals surface area contributed by atoms with Gasteiger partial charge in [0.15, 0.2) is 0 Å². The van der Waals surface area contributed by atoms with Crippen molar-refractivity contribution in [3.05, 3.63) is 77.4 Å². The van der Waals surface area contributed by atoms with E-state index in [1.165, 1.54) is 17.1 Å². The number of nitrogens with zero attached hydrogens (tertiary/aromatic N) is 3. The molecule has 142 valence electrons. The van der Waals surface area contributed by atoms with Gasteiger partial charge in [-0.2, -0.15) is 10.1 Å². The number of carbonyl (C=O) groups is 2. The predicted molar refractivity (Wildman–Crippen MR) is 112 cm³/mol. The molecule has 1 aliphatic rings. The average molecular weight is 375 g/mol. The first-order valence-electron chi connectivity index (χ1n) is 8.76. The van der Waals surface area contributed by atoms with Crippen LogP contribution in [-0.2, 0) is 4.79 Å². The first-order chi connectivity index (χ1) is 13.4. The number of carbonyl (C=O) groups excluding carboxylic acids is 1. The third kappa shape index (κ3) is 4.01. The first kappa shape index (κ1) is 19.1. The van der Waals surface area contributed by atoms with Gasteiger partial charge in [0.05, 0.1) is 22.5 Å². The van der Waals surface area contributed by atoms with E-state index in [-0.39, 0.29) is 11.5 Å². The molecule has 6 nitrogen and oxygen atoms in total. The highest BCUT2D eigenvalue weighted by atomic mass is 16.4. The molecule has 1 heterocycles. The van der Waals surface area contributed by atoms with E-state index in [1.54, 1.807) is 25.1 Å². The van der Waals surface area contributed by atoms with Gasteiger partial charge >= 0.3 is 5.97 Å². The summed E-state index contributed by atoms with van der Waals surface area (Å²) in [5.41, 5.74) is 3.96. The molecule has 0 bridgehead atoms. The number of aromatic carboxylic acids is 1. The number of carboxylic acids is 1. The number of benzene rings is 2. The minimum atomic E-state index is -1.01. The van der Waals surface area contributed by atoms with Crippen LogP contribution in [-0.4, -0.2) is 36.8 Å². The summed E-state index contributed by atoms with van der Waals surface area (Å²) in [6.07, 6.45) is 5.50.